The van der Waals surface area contributed by atoms with Gasteiger partial charge in [0.1, 0.15) is 5.78 Å². The summed E-state index contributed by atoms with van der Waals surface area (Å²) in [4.78, 5) is 13.0. The van der Waals surface area contributed by atoms with Gasteiger partial charge in [0.25, 0.3) is 0 Å². The summed E-state index contributed by atoms with van der Waals surface area (Å²) >= 11 is 0. The highest BCUT2D eigenvalue weighted by Crippen LogP contribution is 2.41. The van der Waals surface area contributed by atoms with E-state index < -0.39 is 0 Å². The van der Waals surface area contributed by atoms with Crippen LogP contribution in [0.5, 0.6) is 0 Å². The summed E-state index contributed by atoms with van der Waals surface area (Å²) in [6.45, 7) is 10.7. The van der Waals surface area contributed by atoms with E-state index in [1.54, 1.807) is 6.92 Å². The second kappa shape index (κ2) is 8.45. The predicted octanol–water partition coefficient (Wildman–Crippen LogP) is 7.87. The summed E-state index contributed by atoms with van der Waals surface area (Å²) in [6, 6.07) is 18.7. The fraction of sp³-hybridized carbons (Fsp3) is 0.344. The lowest BCUT2D eigenvalue weighted by molar-refractivity contribution is -0.117. The zero-order chi connectivity index (χ0) is 23.3. The van der Waals surface area contributed by atoms with Gasteiger partial charge in [-0.2, -0.15) is 0 Å². The average molecular weight is 435 g/mol. The minimum absolute atomic E-state index is 0.176. The Balaban J connectivity index is 1.73. The van der Waals surface area contributed by atoms with E-state index >= 15 is 0 Å². The molecular weight excluding hydrogens is 400 g/mol. The first-order valence-corrected chi connectivity index (χ1v) is 12.6. The van der Waals surface area contributed by atoms with Gasteiger partial charge < -0.3 is 0 Å². The number of hydrogen-bond donors (Lipinski definition) is 0. The van der Waals surface area contributed by atoms with Crippen LogP contribution in [0.25, 0.3) is 21.5 Å². The Morgan fingerprint density at radius 2 is 0.939 bits per heavy atom. The van der Waals surface area contributed by atoms with Crippen LogP contribution in [-0.2, 0) is 36.9 Å². The van der Waals surface area contributed by atoms with E-state index in [9.17, 15) is 4.79 Å². The van der Waals surface area contributed by atoms with Gasteiger partial charge in [-0.15, -0.1) is 0 Å². The second-order valence-corrected chi connectivity index (χ2v) is 9.67. The van der Waals surface area contributed by atoms with E-state index in [4.69, 9.17) is 0 Å². The van der Waals surface area contributed by atoms with Crippen LogP contribution >= 0.6 is 0 Å². The lowest BCUT2D eigenvalue weighted by atomic mass is 9.74. The molecule has 33 heavy (non-hydrogen) atoms. The lowest BCUT2D eigenvalue weighted by Crippen LogP contribution is -2.19. The summed E-state index contributed by atoms with van der Waals surface area (Å²) in [6.07, 6.45) is 5.09. The van der Waals surface area contributed by atoms with Gasteiger partial charge in [-0.3, -0.25) is 4.79 Å². The molecule has 0 fully saturated rings. The van der Waals surface area contributed by atoms with Gasteiger partial charge >= 0.3 is 0 Å². The Morgan fingerprint density at radius 3 is 1.24 bits per heavy atom. The third-order valence-corrected chi connectivity index (χ3v) is 7.77. The van der Waals surface area contributed by atoms with Crippen molar-refractivity contribution in [2.24, 2.45) is 0 Å². The molecule has 168 valence electrons. The first kappa shape index (κ1) is 21.9. The van der Waals surface area contributed by atoms with E-state index in [-0.39, 0.29) is 11.7 Å². The van der Waals surface area contributed by atoms with Gasteiger partial charge in [0.2, 0.25) is 0 Å². The summed E-state index contributed by atoms with van der Waals surface area (Å²) in [7, 11) is 0. The quantitative estimate of drug-likeness (QED) is 0.312. The first-order valence-electron chi connectivity index (χ1n) is 12.6. The Bertz CT molecular complexity index is 1300. The van der Waals surface area contributed by atoms with Crippen LogP contribution in [0.3, 0.4) is 0 Å². The fourth-order valence-electron chi connectivity index (χ4n) is 5.99. The average Bonchev–Trinajstić information content (AvgIpc) is 2.82. The highest BCUT2D eigenvalue weighted by molar-refractivity contribution is 5.95. The number of Topliss-reactive ketones (excluding diaryl/α,β-unsaturated/α-hetero) is 1. The van der Waals surface area contributed by atoms with Crippen LogP contribution in [0, 0.1) is 0 Å². The highest BCUT2D eigenvalue weighted by atomic mass is 16.1. The van der Waals surface area contributed by atoms with Gasteiger partial charge in [-0.25, -0.2) is 0 Å². The molecule has 0 bridgehead atoms. The van der Waals surface area contributed by atoms with Crippen LogP contribution < -0.4 is 0 Å². The maximum atomic E-state index is 13.0. The number of ketones is 1. The number of carbonyl (C=O) groups is 1. The third kappa shape index (κ3) is 3.59. The van der Waals surface area contributed by atoms with Crippen molar-refractivity contribution in [2.45, 2.75) is 72.6 Å². The Labute approximate surface area is 197 Å². The third-order valence-electron chi connectivity index (χ3n) is 7.77. The minimum Gasteiger partial charge on any atom is -0.299 e. The number of aryl methyl sites for hydroxylation is 4. The van der Waals surface area contributed by atoms with Crippen LogP contribution in [0.15, 0.2) is 48.5 Å². The molecule has 1 aliphatic carbocycles. The van der Waals surface area contributed by atoms with Crippen molar-refractivity contribution in [2.75, 3.05) is 0 Å². The van der Waals surface area contributed by atoms with Crippen molar-refractivity contribution in [3.8, 4) is 0 Å². The van der Waals surface area contributed by atoms with Crippen molar-refractivity contribution >= 4 is 27.3 Å². The largest absolute Gasteiger partial charge is 0.299 e. The zero-order valence-electron chi connectivity index (χ0n) is 20.6. The molecule has 0 aromatic heterocycles. The monoisotopic (exact) mass is 434 g/mol. The van der Waals surface area contributed by atoms with Gasteiger partial charge in [0, 0.05) is 0 Å². The first-order chi connectivity index (χ1) is 16.0. The lowest BCUT2D eigenvalue weighted by Gasteiger charge is -2.28. The van der Waals surface area contributed by atoms with Crippen molar-refractivity contribution in [1.82, 2.24) is 0 Å². The fourth-order valence-corrected chi connectivity index (χ4v) is 5.99. The van der Waals surface area contributed by atoms with Gasteiger partial charge in [0.15, 0.2) is 0 Å². The van der Waals surface area contributed by atoms with Crippen molar-refractivity contribution in [1.29, 1.82) is 0 Å². The number of fused-ring (bicyclic) bond motifs is 4. The normalized spacial score (nSPS) is 13.4. The molecular formula is C32H34O. The predicted molar refractivity (Wildman–Crippen MR) is 141 cm³/mol. The van der Waals surface area contributed by atoms with Gasteiger partial charge in [0.05, 0.1) is 5.92 Å². The minimum atomic E-state index is -0.176. The molecule has 0 saturated heterocycles. The Kier molecular flexibility index (Phi) is 5.60. The molecule has 0 atom stereocenters. The molecule has 0 amide bonds. The van der Waals surface area contributed by atoms with E-state index in [0.717, 1.165) is 32.1 Å². The summed E-state index contributed by atoms with van der Waals surface area (Å²) in [5, 5.41) is 5.13. The molecule has 0 N–H and O–H groups in total. The van der Waals surface area contributed by atoms with Crippen molar-refractivity contribution in [3.05, 3.63) is 93.0 Å². The maximum absolute atomic E-state index is 13.0. The Hall–Kier alpha value is -2.93. The molecule has 0 unspecified atom stereocenters. The smallest absolute Gasteiger partial charge is 0.141 e. The van der Waals surface area contributed by atoms with E-state index in [2.05, 4.69) is 76.2 Å². The molecule has 4 aromatic rings. The van der Waals surface area contributed by atoms with Gasteiger partial charge in [-0.1, -0.05) is 64.1 Å². The standard InChI is InChI=1S/C32H34O/c1-6-20-10-24-14-28-16-29-15-25-11-21(7-2)23(9-4)13-27(25)18-31(29)32(19(5)33)30(28)17-26(24)12-22(20)8-3/h10-15,17-18,32H,6-9,16H2,1-5H3. The van der Waals surface area contributed by atoms with E-state index in [0.29, 0.717) is 0 Å². The van der Waals surface area contributed by atoms with Gasteiger partial charge in [-0.05, 0) is 117 Å². The molecule has 0 radical (unpaired) electrons. The van der Waals surface area contributed by atoms with E-state index in [1.165, 1.54) is 66.1 Å². The topological polar surface area (TPSA) is 17.1 Å². The van der Waals surface area contributed by atoms with Crippen molar-refractivity contribution in [3.63, 3.8) is 0 Å². The van der Waals surface area contributed by atoms with Crippen LogP contribution in [0.2, 0.25) is 0 Å². The second-order valence-electron chi connectivity index (χ2n) is 9.67. The van der Waals surface area contributed by atoms with Crippen molar-refractivity contribution < 1.29 is 4.79 Å². The number of rotatable bonds is 5. The molecule has 0 saturated carbocycles. The number of hydrogen-bond acceptors (Lipinski definition) is 1. The molecule has 1 aliphatic rings. The Morgan fingerprint density at radius 1 is 0.606 bits per heavy atom. The molecule has 0 spiro atoms. The van der Waals surface area contributed by atoms with Crippen LogP contribution in [0.1, 0.15) is 85.0 Å². The molecule has 0 aliphatic heterocycles. The zero-order valence-corrected chi connectivity index (χ0v) is 20.6. The van der Waals surface area contributed by atoms with Crippen LogP contribution in [0.4, 0.5) is 0 Å². The van der Waals surface area contributed by atoms with E-state index in [1.807, 2.05) is 0 Å². The summed E-state index contributed by atoms with van der Waals surface area (Å²) < 4.78 is 0. The summed E-state index contributed by atoms with van der Waals surface area (Å²) in [5.41, 5.74) is 10.7. The molecule has 5 rings (SSSR count). The number of benzene rings is 4. The maximum Gasteiger partial charge on any atom is 0.141 e. The number of carbonyl (C=O) groups excluding carboxylic acids is 1. The molecule has 1 heteroatoms. The SMILES string of the molecule is CCc1cc2cc3c(cc2cc1CC)C(C(C)=O)c1cc2cc(CC)c(CC)cc2cc1C3. The molecule has 1 nitrogen and oxygen atoms in total. The van der Waals surface area contributed by atoms with Crippen LogP contribution in [-0.4, -0.2) is 5.78 Å². The molecule has 0 heterocycles. The molecule has 4 aromatic carbocycles. The highest BCUT2D eigenvalue weighted by Gasteiger charge is 2.30. The summed E-state index contributed by atoms with van der Waals surface area (Å²) in [5.74, 6) is 0.0575.